The van der Waals surface area contributed by atoms with Gasteiger partial charge in [-0.25, -0.2) is 9.37 Å². The summed E-state index contributed by atoms with van der Waals surface area (Å²) in [5.74, 6) is 0.558. The maximum absolute atomic E-state index is 13.3. The van der Waals surface area contributed by atoms with Gasteiger partial charge >= 0.3 is 0 Å². The summed E-state index contributed by atoms with van der Waals surface area (Å²) in [6.45, 7) is 0.838. The van der Waals surface area contributed by atoms with Crippen molar-refractivity contribution >= 4 is 17.4 Å². The van der Waals surface area contributed by atoms with Crippen molar-refractivity contribution < 1.29 is 4.39 Å². The van der Waals surface area contributed by atoms with Crippen molar-refractivity contribution in [2.45, 2.75) is 12.8 Å². The third kappa shape index (κ3) is 2.12. The molecule has 0 amide bonds. The molecule has 0 N–H and O–H groups in total. The number of rotatable bonds is 3. The van der Waals surface area contributed by atoms with Gasteiger partial charge in [-0.15, -0.1) is 0 Å². The van der Waals surface area contributed by atoms with Crippen LogP contribution in [0.25, 0.3) is 0 Å². The van der Waals surface area contributed by atoms with E-state index in [4.69, 9.17) is 11.6 Å². The molecule has 1 saturated carbocycles. The van der Waals surface area contributed by atoms with Crippen LogP contribution in [0.2, 0.25) is 5.28 Å². The summed E-state index contributed by atoms with van der Waals surface area (Å²) in [6.07, 6.45) is 3.56. The molecule has 1 heterocycles. The molecular formula is C9H11ClFN3. The fraction of sp³-hybridized carbons (Fsp3) is 0.556. The average Bonchev–Trinajstić information content (AvgIpc) is 2.93. The lowest BCUT2D eigenvalue weighted by Gasteiger charge is -2.17. The van der Waals surface area contributed by atoms with Crippen molar-refractivity contribution in [2.75, 3.05) is 18.5 Å². The number of nitrogens with zero attached hydrogens (tertiary/aromatic N) is 3. The van der Waals surface area contributed by atoms with Crippen LogP contribution in [-0.2, 0) is 0 Å². The molecule has 0 aliphatic heterocycles. The Morgan fingerprint density at radius 1 is 1.64 bits per heavy atom. The predicted octanol–water partition coefficient (Wildman–Crippen LogP) is 2.12. The van der Waals surface area contributed by atoms with Gasteiger partial charge in [-0.1, -0.05) is 0 Å². The maximum atomic E-state index is 13.3. The van der Waals surface area contributed by atoms with E-state index in [0.717, 1.165) is 12.7 Å². The summed E-state index contributed by atoms with van der Waals surface area (Å²) >= 11 is 5.60. The van der Waals surface area contributed by atoms with Crippen molar-refractivity contribution in [1.82, 2.24) is 9.97 Å². The molecule has 1 fully saturated rings. The van der Waals surface area contributed by atoms with E-state index >= 15 is 0 Å². The maximum Gasteiger partial charge on any atom is 0.224 e. The van der Waals surface area contributed by atoms with E-state index in [2.05, 4.69) is 9.97 Å². The van der Waals surface area contributed by atoms with Crippen LogP contribution in [0.4, 0.5) is 10.2 Å². The standard InChI is InChI=1S/C9H11ClFN3/c1-14(5-6-2-3-6)8-7(11)4-12-9(10)13-8/h4,6H,2-3,5H2,1H3. The molecule has 14 heavy (non-hydrogen) atoms. The number of hydrogen-bond acceptors (Lipinski definition) is 3. The molecule has 76 valence electrons. The molecule has 0 saturated heterocycles. The van der Waals surface area contributed by atoms with Crippen LogP contribution in [0.1, 0.15) is 12.8 Å². The van der Waals surface area contributed by atoms with Crippen LogP contribution in [0.5, 0.6) is 0 Å². The van der Waals surface area contributed by atoms with Gasteiger partial charge in [0.15, 0.2) is 11.6 Å². The summed E-state index contributed by atoms with van der Waals surface area (Å²) in [4.78, 5) is 9.22. The highest BCUT2D eigenvalue weighted by Crippen LogP contribution is 2.30. The minimum atomic E-state index is -0.419. The number of anilines is 1. The summed E-state index contributed by atoms with van der Waals surface area (Å²) in [5, 5.41) is 0.0871. The van der Waals surface area contributed by atoms with Gasteiger partial charge in [-0.3, -0.25) is 0 Å². The molecule has 0 atom stereocenters. The van der Waals surface area contributed by atoms with Crippen molar-refractivity contribution in [3.05, 3.63) is 17.3 Å². The topological polar surface area (TPSA) is 29.0 Å². The second-order valence-corrected chi connectivity index (χ2v) is 3.97. The van der Waals surface area contributed by atoms with E-state index in [0.29, 0.717) is 5.92 Å². The Morgan fingerprint density at radius 2 is 2.36 bits per heavy atom. The van der Waals surface area contributed by atoms with Crippen molar-refractivity contribution in [3.63, 3.8) is 0 Å². The zero-order valence-electron chi connectivity index (χ0n) is 7.87. The van der Waals surface area contributed by atoms with Crippen LogP contribution in [0.15, 0.2) is 6.20 Å². The highest BCUT2D eigenvalue weighted by molar-refractivity contribution is 6.28. The van der Waals surface area contributed by atoms with E-state index in [1.165, 1.54) is 12.8 Å². The lowest BCUT2D eigenvalue weighted by molar-refractivity contribution is 0.604. The summed E-state index contributed by atoms with van der Waals surface area (Å²) in [5.41, 5.74) is 0. The Hall–Kier alpha value is -0.900. The number of hydrogen-bond donors (Lipinski definition) is 0. The molecule has 0 spiro atoms. The van der Waals surface area contributed by atoms with Crippen LogP contribution < -0.4 is 4.90 Å². The van der Waals surface area contributed by atoms with Crippen molar-refractivity contribution in [3.8, 4) is 0 Å². The highest BCUT2D eigenvalue weighted by Gasteiger charge is 2.24. The predicted molar refractivity (Wildman–Crippen MR) is 53.0 cm³/mol. The average molecular weight is 216 g/mol. The van der Waals surface area contributed by atoms with E-state index in [1.807, 2.05) is 7.05 Å². The first-order chi connectivity index (χ1) is 6.66. The molecule has 1 aromatic rings. The Labute approximate surface area is 86.9 Å². The van der Waals surface area contributed by atoms with Crippen LogP contribution in [0, 0.1) is 11.7 Å². The van der Waals surface area contributed by atoms with Gasteiger partial charge < -0.3 is 4.90 Å². The van der Waals surface area contributed by atoms with Crippen LogP contribution in [0.3, 0.4) is 0 Å². The quantitative estimate of drug-likeness (QED) is 0.724. The monoisotopic (exact) mass is 215 g/mol. The Kier molecular flexibility index (Phi) is 2.54. The first-order valence-corrected chi connectivity index (χ1v) is 4.94. The lowest BCUT2D eigenvalue weighted by atomic mass is 10.4. The smallest absolute Gasteiger partial charge is 0.224 e. The van der Waals surface area contributed by atoms with Crippen LogP contribution >= 0.6 is 11.6 Å². The first-order valence-electron chi connectivity index (χ1n) is 4.56. The Bertz CT molecular complexity index is 341. The molecule has 1 aromatic heterocycles. The van der Waals surface area contributed by atoms with Gasteiger partial charge in [0.2, 0.25) is 5.28 Å². The molecule has 0 bridgehead atoms. The molecule has 2 rings (SSSR count). The third-order valence-corrected chi connectivity index (χ3v) is 2.47. The second kappa shape index (κ2) is 3.69. The Balaban J connectivity index is 2.15. The molecule has 0 aromatic carbocycles. The fourth-order valence-corrected chi connectivity index (χ4v) is 1.51. The number of aromatic nitrogens is 2. The van der Waals surface area contributed by atoms with E-state index < -0.39 is 5.82 Å². The lowest BCUT2D eigenvalue weighted by Crippen LogP contribution is -2.22. The van der Waals surface area contributed by atoms with Crippen molar-refractivity contribution in [1.29, 1.82) is 0 Å². The molecule has 3 nitrogen and oxygen atoms in total. The largest absolute Gasteiger partial charge is 0.357 e. The normalized spacial score (nSPS) is 15.6. The molecular weight excluding hydrogens is 205 g/mol. The SMILES string of the molecule is CN(CC1CC1)c1nc(Cl)ncc1F. The fourth-order valence-electron chi connectivity index (χ4n) is 1.38. The third-order valence-electron chi connectivity index (χ3n) is 2.29. The highest BCUT2D eigenvalue weighted by atomic mass is 35.5. The van der Waals surface area contributed by atoms with Crippen molar-refractivity contribution in [2.24, 2.45) is 5.92 Å². The van der Waals surface area contributed by atoms with Gasteiger partial charge in [-0.2, -0.15) is 4.98 Å². The molecule has 5 heteroatoms. The van der Waals surface area contributed by atoms with E-state index in [1.54, 1.807) is 4.90 Å². The number of halogens is 2. The zero-order chi connectivity index (χ0) is 10.1. The molecule has 1 aliphatic carbocycles. The Morgan fingerprint density at radius 3 is 3.00 bits per heavy atom. The summed E-state index contributed by atoms with van der Waals surface area (Å²) in [7, 11) is 1.82. The molecule has 0 radical (unpaired) electrons. The van der Waals surface area contributed by atoms with Gasteiger partial charge in [0.25, 0.3) is 0 Å². The minimum Gasteiger partial charge on any atom is -0.357 e. The summed E-state index contributed by atoms with van der Waals surface area (Å²) < 4.78 is 13.3. The van der Waals surface area contributed by atoms with Gasteiger partial charge in [0.1, 0.15) is 0 Å². The van der Waals surface area contributed by atoms with Gasteiger partial charge in [0.05, 0.1) is 6.20 Å². The zero-order valence-corrected chi connectivity index (χ0v) is 8.63. The van der Waals surface area contributed by atoms with Crippen LogP contribution in [-0.4, -0.2) is 23.6 Å². The summed E-state index contributed by atoms with van der Waals surface area (Å²) in [6, 6.07) is 0. The van der Waals surface area contributed by atoms with E-state index in [9.17, 15) is 4.39 Å². The second-order valence-electron chi connectivity index (χ2n) is 3.63. The van der Waals surface area contributed by atoms with Gasteiger partial charge in [-0.05, 0) is 30.4 Å². The first kappa shape index (κ1) is 9.65. The molecule has 0 unspecified atom stereocenters. The van der Waals surface area contributed by atoms with Gasteiger partial charge in [0, 0.05) is 13.6 Å². The minimum absolute atomic E-state index is 0.0871. The van der Waals surface area contributed by atoms with E-state index in [-0.39, 0.29) is 11.1 Å². The molecule has 1 aliphatic rings.